The summed E-state index contributed by atoms with van der Waals surface area (Å²) in [7, 11) is 1.64. The van der Waals surface area contributed by atoms with E-state index in [0.29, 0.717) is 12.8 Å². The molecule has 0 aliphatic rings. The Morgan fingerprint density at radius 2 is 1.94 bits per heavy atom. The van der Waals surface area contributed by atoms with Crippen molar-refractivity contribution in [3.05, 3.63) is 59.9 Å². The predicted octanol–water partition coefficient (Wildman–Crippen LogP) is 2.24. The number of benzene rings is 1. The minimum atomic E-state index is -0.402. The number of aliphatic hydroxyl groups is 1. The molecule has 0 amide bonds. The molecule has 0 bridgehead atoms. The first-order chi connectivity index (χ1) is 8.78. The van der Waals surface area contributed by atoms with Gasteiger partial charge in [0.15, 0.2) is 0 Å². The number of hydrogen-bond acceptors (Lipinski definition) is 3. The molecular weight excluding hydrogens is 226 g/mol. The molecule has 1 N–H and O–H groups in total. The molecule has 2 aromatic rings. The second-order valence-corrected chi connectivity index (χ2v) is 4.27. The Hall–Kier alpha value is -1.87. The number of hydrogen-bond donors (Lipinski definition) is 1. The third-order valence-electron chi connectivity index (χ3n) is 2.80. The molecule has 1 atom stereocenters. The zero-order chi connectivity index (χ0) is 12.8. The molecule has 0 radical (unpaired) electrons. The Morgan fingerprint density at radius 1 is 1.17 bits per heavy atom. The zero-order valence-electron chi connectivity index (χ0n) is 10.4. The van der Waals surface area contributed by atoms with Gasteiger partial charge in [-0.3, -0.25) is 4.98 Å². The number of aromatic nitrogens is 1. The molecule has 1 unspecified atom stereocenters. The van der Waals surface area contributed by atoms with Crippen molar-refractivity contribution in [2.45, 2.75) is 18.9 Å². The molecule has 0 saturated heterocycles. The van der Waals surface area contributed by atoms with Crippen molar-refractivity contribution in [3.63, 3.8) is 0 Å². The van der Waals surface area contributed by atoms with Crippen LogP contribution in [0.4, 0.5) is 0 Å². The number of rotatable bonds is 5. The average molecular weight is 243 g/mol. The number of methoxy groups -OCH3 is 1. The lowest BCUT2D eigenvalue weighted by molar-refractivity contribution is 0.175. The van der Waals surface area contributed by atoms with Crippen LogP contribution in [0.15, 0.2) is 48.8 Å². The fourth-order valence-electron chi connectivity index (χ4n) is 1.93. The summed E-state index contributed by atoms with van der Waals surface area (Å²) in [6, 6.07) is 11.6. The van der Waals surface area contributed by atoms with Gasteiger partial charge >= 0.3 is 0 Å². The van der Waals surface area contributed by atoms with Crippen LogP contribution in [0.3, 0.4) is 0 Å². The highest BCUT2D eigenvalue weighted by molar-refractivity contribution is 5.29. The van der Waals surface area contributed by atoms with Gasteiger partial charge in [0.25, 0.3) is 0 Å². The lowest BCUT2D eigenvalue weighted by Gasteiger charge is -2.11. The molecule has 3 nitrogen and oxygen atoms in total. The van der Waals surface area contributed by atoms with Crippen LogP contribution in [0.25, 0.3) is 0 Å². The van der Waals surface area contributed by atoms with Crippen LogP contribution >= 0.6 is 0 Å². The standard InChI is InChI=1S/C15H17NO2/c1-18-15-6-2-4-12(10-15)8-14(17)9-13-5-3-7-16-11-13/h2-7,10-11,14,17H,8-9H2,1H3. The summed E-state index contributed by atoms with van der Waals surface area (Å²) in [5.41, 5.74) is 2.12. The number of pyridine rings is 1. The molecule has 0 spiro atoms. The van der Waals surface area contributed by atoms with Gasteiger partial charge in [-0.1, -0.05) is 18.2 Å². The minimum absolute atomic E-state index is 0.402. The van der Waals surface area contributed by atoms with Gasteiger partial charge in [-0.2, -0.15) is 0 Å². The third-order valence-corrected chi connectivity index (χ3v) is 2.80. The minimum Gasteiger partial charge on any atom is -0.497 e. The fraction of sp³-hybridized carbons (Fsp3) is 0.267. The molecule has 0 fully saturated rings. The highest BCUT2D eigenvalue weighted by Crippen LogP contribution is 2.15. The molecule has 94 valence electrons. The molecule has 0 aliphatic heterocycles. The van der Waals surface area contributed by atoms with Crippen LogP contribution in [0.2, 0.25) is 0 Å². The first-order valence-electron chi connectivity index (χ1n) is 5.98. The van der Waals surface area contributed by atoms with Crippen LogP contribution in [-0.2, 0) is 12.8 Å². The number of ether oxygens (including phenoxy) is 1. The van der Waals surface area contributed by atoms with E-state index in [1.54, 1.807) is 19.5 Å². The second kappa shape index (κ2) is 6.17. The average Bonchev–Trinajstić information content (AvgIpc) is 2.40. The Kier molecular flexibility index (Phi) is 4.31. The maximum absolute atomic E-state index is 10.1. The summed E-state index contributed by atoms with van der Waals surface area (Å²) >= 11 is 0. The summed E-state index contributed by atoms with van der Waals surface area (Å²) < 4.78 is 5.16. The van der Waals surface area contributed by atoms with Gasteiger partial charge in [-0.15, -0.1) is 0 Å². The highest BCUT2D eigenvalue weighted by Gasteiger charge is 2.07. The van der Waals surface area contributed by atoms with Gasteiger partial charge in [-0.05, 0) is 35.7 Å². The second-order valence-electron chi connectivity index (χ2n) is 4.27. The van der Waals surface area contributed by atoms with E-state index < -0.39 is 6.10 Å². The van der Waals surface area contributed by atoms with E-state index in [2.05, 4.69) is 4.98 Å². The summed E-state index contributed by atoms with van der Waals surface area (Å²) in [6.07, 6.45) is 4.35. The van der Waals surface area contributed by atoms with E-state index in [4.69, 9.17) is 4.74 Å². The molecule has 0 aliphatic carbocycles. The molecule has 1 aromatic heterocycles. The van der Waals surface area contributed by atoms with Crippen LogP contribution in [0, 0.1) is 0 Å². The van der Waals surface area contributed by atoms with E-state index in [-0.39, 0.29) is 0 Å². The van der Waals surface area contributed by atoms with Crippen LogP contribution < -0.4 is 4.74 Å². The van der Waals surface area contributed by atoms with Crippen molar-refractivity contribution in [1.82, 2.24) is 4.98 Å². The maximum atomic E-state index is 10.1. The van der Waals surface area contributed by atoms with Gasteiger partial charge in [0.1, 0.15) is 5.75 Å². The van der Waals surface area contributed by atoms with Crippen LogP contribution in [-0.4, -0.2) is 23.3 Å². The van der Waals surface area contributed by atoms with Crippen molar-refractivity contribution < 1.29 is 9.84 Å². The Morgan fingerprint density at radius 3 is 2.67 bits per heavy atom. The Labute approximate surface area is 107 Å². The summed E-state index contributed by atoms with van der Waals surface area (Å²) in [5, 5.41) is 10.1. The molecule has 1 aromatic carbocycles. The first-order valence-corrected chi connectivity index (χ1v) is 5.98. The van der Waals surface area contributed by atoms with Gasteiger partial charge in [0.05, 0.1) is 13.2 Å². The first kappa shape index (κ1) is 12.6. The zero-order valence-corrected chi connectivity index (χ0v) is 10.4. The molecule has 3 heteroatoms. The largest absolute Gasteiger partial charge is 0.497 e. The maximum Gasteiger partial charge on any atom is 0.119 e. The van der Waals surface area contributed by atoms with Crippen molar-refractivity contribution in [2.24, 2.45) is 0 Å². The van der Waals surface area contributed by atoms with E-state index in [1.807, 2.05) is 36.4 Å². The van der Waals surface area contributed by atoms with Crippen molar-refractivity contribution in [1.29, 1.82) is 0 Å². The lowest BCUT2D eigenvalue weighted by Crippen LogP contribution is -2.14. The van der Waals surface area contributed by atoms with Crippen molar-refractivity contribution in [3.8, 4) is 5.75 Å². The molecule has 0 saturated carbocycles. The van der Waals surface area contributed by atoms with Gasteiger partial charge < -0.3 is 9.84 Å². The predicted molar refractivity (Wildman–Crippen MR) is 70.6 cm³/mol. The summed E-state index contributed by atoms with van der Waals surface area (Å²) in [4.78, 5) is 4.04. The monoisotopic (exact) mass is 243 g/mol. The van der Waals surface area contributed by atoms with E-state index >= 15 is 0 Å². The van der Waals surface area contributed by atoms with E-state index in [0.717, 1.165) is 16.9 Å². The molecule has 2 rings (SSSR count). The normalized spacial score (nSPS) is 12.1. The van der Waals surface area contributed by atoms with Crippen molar-refractivity contribution in [2.75, 3.05) is 7.11 Å². The summed E-state index contributed by atoms with van der Waals surface area (Å²) in [6.45, 7) is 0. The highest BCUT2D eigenvalue weighted by atomic mass is 16.5. The molecule has 1 heterocycles. The van der Waals surface area contributed by atoms with E-state index in [1.165, 1.54) is 0 Å². The lowest BCUT2D eigenvalue weighted by atomic mass is 10.0. The van der Waals surface area contributed by atoms with Crippen LogP contribution in [0.5, 0.6) is 5.75 Å². The quantitative estimate of drug-likeness (QED) is 0.875. The Balaban J connectivity index is 1.96. The van der Waals surface area contributed by atoms with Gasteiger partial charge in [0, 0.05) is 18.8 Å². The van der Waals surface area contributed by atoms with Gasteiger partial charge in [-0.25, -0.2) is 0 Å². The topological polar surface area (TPSA) is 42.4 Å². The van der Waals surface area contributed by atoms with Crippen LogP contribution in [0.1, 0.15) is 11.1 Å². The summed E-state index contributed by atoms with van der Waals surface area (Å²) in [5.74, 6) is 0.820. The number of aliphatic hydroxyl groups excluding tert-OH is 1. The SMILES string of the molecule is COc1cccc(CC(O)Cc2cccnc2)c1. The fourth-order valence-corrected chi connectivity index (χ4v) is 1.93. The molecule has 18 heavy (non-hydrogen) atoms. The number of nitrogens with zero attached hydrogens (tertiary/aromatic N) is 1. The van der Waals surface area contributed by atoms with Gasteiger partial charge in [0.2, 0.25) is 0 Å². The Bertz CT molecular complexity index is 485. The smallest absolute Gasteiger partial charge is 0.119 e. The molecular formula is C15H17NO2. The third kappa shape index (κ3) is 3.57. The van der Waals surface area contributed by atoms with Crippen molar-refractivity contribution >= 4 is 0 Å². The van der Waals surface area contributed by atoms with E-state index in [9.17, 15) is 5.11 Å².